The fraction of sp³-hybridized carbons (Fsp3) is 0.286. The summed E-state index contributed by atoms with van der Waals surface area (Å²) < 4.78 is 8.75. The lowest BCUT2D eigenvalue weighted by Gasteiger charge is -2.13. The van der Waals surface area contributed by atoms with Crippen LogP contribution in [-0.4, -0.2) is 26.7 Å². The van der Waals surface area contributed by atoms with Gasteiger partial charge in [-0.1, -0.05) is 12.1 Å². The van der Waals surface area contributed by atoms with Crippen molar-refractivity contribution in [1.82, 2.24) is 20.1 Å². The van der Waals surface area contributed by atoms with Crippen LogP contribution < -0.4 is 5.32 Å². The number of aromatic nitrogens is 3. The van der Waals surface area contributed by atoms with Gasteiger partial charge in [0.15, 0.2) is 16.5 Å². The molecule has 144 valence electrons. The number of aryl methyl sites for hydroxylation is 2. The Bertz CT molecular complexity index is 1120. The number of fused-ring (bicyclic) bond motifs is 1. The minimum absolute atomic E-state index is 0.0369. The molecular formula is C21H22N4O2S. The Balaban J connectivity index is 1.46. The molecule has 0 saturated heterocycles. The highest BCUT2D eigenvalue weighted by Gasteiger charge is 2.18. The second-order valence-corrected chi connectivity index (χ2v) is 8.03. The number of carbonyl (C=O) groups excluding carboxylic acids is 1. The molecule has 6 nitrogen and oxygen atoms in total. The summed E-state index contributed by atoms with van der Waals surface area (Å²) in [5.74, 6) is 0.678. The number of hydrogen-bond donors (Lipinski definition) is 1. The maximum Gasteiger partial charge on any atom is 0.287 e. The van der Waals surface area contributed by atoms with Crippen LogP contribution in [-0.2, 0) is 13.5 Å². The second kappa shape index (κ2) is 7.24. The van der Waals surface area contributed by atoms with Gasteiger partial charge < -0.3 is 9.73 Å². The third-order valence-corrected chi connectivity index (χ3v) is 5.93. The van der Waals surface area contributed by atoms with E-state index in [1.54, 1.807) is 23.5 Å². The minimum Gasteiger partial charge on any atom is -0.448 e. The van der Waals surface area contributed by atoms with Crippen molar-refractivity contribution in [3.8, 4) is 10.8 Å². The molecule has 1 N–H and O–H groups in total. The molecule has 0 aliphatic carbocycles. The molecule has 28 heavy (non-hydrogen) atoms. The standard InChI is InChI=1S/C21H22N4O2S/c1-12(11-15-13(2)24-25(4)14(15)3)22-20(26)17-9-10-18(27-17)21-23-16-7-5-6-8-19(16)28-21/h5-10,12H,11H2,1-4H3,(H,22,26)/t12-/m0/s1. The maximum absolute atomic E-state index is 12.6. The van der Waals surface area contributed by atoms with Crippen LogP contribution in [0.15, 0.2) is 40.8 Å². The van der Waals surface area contributed by atoms with Crippen molar-refractivity contribution in [3.05, 3.63) is 59.1 Å². The van der Waals surface area contributed by atoms with E-state index in [0.29, 0.717) is 11.5 Å². The third kappa shape index (κ3) is 3.45. The van der Waals surface area contributed by atoms with Gasteiger partial charge in [-0.15, -0.1) is 11.3 Å². The maximum atomic E-state index is 12.6. The Labute approximate surface area is 167 Å². The zero-order valence-corrected chi connectivity index (χ0v) is 17.1. The molecular weight excluding hydrogens is 372 g/mol. The SMILES string of the molecule is Cc1nn(C)c(C)c1C[C@H](C)NC(=O)c1ccc(-c2nc3ccccc3s2)o1. The van der Waals surface area contributed by atoms with Gasteiger partial charge in [-0.05, 0) is 57.0 Å². The normalized spacial score (nSPS) is 12.4. The number of furan rings is 1. The molecule has 0 saturated carbocycles. The molecule has 3 aromatic heterocycles. The van der Waals surface area contributed by atoms with Crippen LogP contribution in [0.25, 0.3) is 21.0 Å². The number of carbonyl (C=O) groups is 1. The van der Waals surface area contributed by atoms with Crippen molar-refractivity contribution in [3.63, 3.8) is 0 Å². The van der Waals surface area contributed by atoms with Gasteiger partial charge in [-0.2, -0.15) is 5.10 Å². The Morgan fingerprint density at radius 1 is 1.25 bits per heavy atom. The van der Waals surface area contributed by atoms with Crippen molar-refractivity contribution in [2.24, 2.45) is 7.05 Å². The van der Waals surface area contributed by atoms with Gasteiger partial charge in [-0.25, -0.2) is 4.98 Å². The average molecular weight is 395 g/mol. The van der Waals surface area contributed by atoms with E-state index in [4.69, 9.17) is 4.42 Å². The van der Waals surface area contributed by atoms with Crippen LogP contribution in [0, 0.1) is 13.8 Å². The zero-order valence-electron chi connectivity index (χ0n) is 16.3. The summed E-state index contributed by atoms with van der Waals surface area (Å²) in [5.41, 5.74) is 4.22. The van der Waals surface area contributed by atoms with E-state index in [0.717, 1.165) is 33.0 Å². The fourth-order valence-corrected chi connectivity index (χ4v) is 4.24. The lowest BCUT2D eigenvalue weighted by Crippen LogP contribution is -2.34. The van der Waals surface area contributed by atoms with Crippen molar-refractivity contribution < 1.29 is 9.21 Å². The van der Waals surface area contributed by atoms with Crippen molar-refractivity contribution >= 4 is 27.5 Å². The first-order valence-corrected chi connectivity index (χ1v) is 9.99. The summed E-state index contributed by atoms with van der Waals surface area (Å²) in [7, 11) is 1.93. The van der Waals surface area contributed by atoms with Gasteiger partial charge in [0, 0.05) is 18.8 Å². The summed E-state index contributed by atoms with van der Waals surface area (Å²) >= 11 is 1.55. The molecule has 4 rings (SSSR count). The Morgan fingerprint density at radius 3 is 2.75 bits per heavy atom. The van der Waals surface area contributed by atoms with Crippen LogP contribution >= 0.6 is 11.3 Å². The molecule has 4 aromatic rings. The van der Waals surface area contributed by atoms with Gasteiger partial charge in [-0.3, -0.25) is 9.48 Å². The van der Waals surface area contributed by atoms with Gasteiger partial charge in [0.2, 0.25) is 0 Å². The topological polar surface area (TPSA) is 73.0 Å². The number of nitrogens with zero attached hydrogens (tertiary/aromatic N) is 3. The highest BCUT2D eigenvalue weighted by Crippen LogP contribution is 2.31. The van der Waals surface area contributed by atoms with E-state index in [1.165, 1.54) is 5.56 Å². The van der Waals surface area contributed by atoms with E-state index in [9.17, 15) is 4.79 Å². The van der Waals surface area contributed by atoms with E-state index in [-0.39, 0.29) is 11.9 Å². The largest absolute Gasteiger partial charge is 0.448 e. The molecule has 7 heteroatoms. The molecule has 0 spiro atoms. The first-order chi connectivity index (χ1) is 13.4. The molecule has 1 amide bonds. The first-order valence-electron chi connectivity index (χ1n) is 9.18. The number of rotatable bonds is 5. The number of thiazole rings is 1. The van der Waals surface area contributed by atoms with Gasteiger partial charge in [0.1, 0.15) is 0 Å². The predicted molar refractivity (Wildman–Crippen MR) is 111 cm³/mol. The number of nitrogens with one attached hydrogen (secondary N) is 1. The van der Waals surface area contributed by atoms with Crippen molar-refractivity contribution in [2.75, 3.05) is 0 Å². The minimum atomic E-state index is -0.223. The molecule has 1 atom stereocenters. The predicted octanol–water partition coefficient (Wildman–Crippen LogP) is 4.27. The fourth-order valence-electron chi connectivity index (χ4n) is 3.32. The Morgan fingerprint density at radius 2 is 2.04 bits per heavy atom. The molecule has 0 fully saturated rings. The number of para-hydroxylation sites is 1. The molecule has 0 radical (unpaired) electrons. The number of amides is 1. The molecule has 0 aliphatic rings. The number of benzene rings is 1. The van der Waals surface area contributed by atoms with E-state index in [2.05, 4.69) is 15.4 Å². The van der Waals surface area contributed by atoms with Crippen LogP contribution in [0.5, 0.6) is 0 Å². The summed E-state index contributed by atoms with van der Waals surface area (Å²) in [6, 6.07) is 11.4. The van der Waals surface area contributed by atoms with Crippen LogP contribution in [0.2, 0.25) is 0 Å². The van der Waals surface area contributed by atoms with Crippen LogP contribution in [0.3, 0.4) is 0 Å². The van der Waals surface area contributed by atoms with E-state index < -0.39 is 0 Å². The van der Waals surface area contributed by atoms with E-state index >= 15 is 0 Å². The summed E-state index contributed by atoms with van der Waals surface area (Å²) in [6.45, 7) is 6.02. The lowest BCUT2D eigenvalue weighted by molar-refractivity contribution is 0.0913. The third-order valence-electron chi connectivity index (χ3n) is 4.88. The molecule has 1 aromatic carbocycles. The monoisotopic (exact) mass is 394 g/mol. The van der Waals surface area contributed by atoms with Gasteiger partial charge in [0.05, 0.1) is 15.9 Å². The van der Waals surface area contributed by atoms with Crippen LogP contribution in [0.4, 0.5) is 0 Å². The van der Waals surface area contributed by atoms with Crippen molar-refractivity contribution in [2.45, 2.75) is 33.2 Å². The molecule has 0 aliphatic heterocycles. The summed E-state index contributed by atoms with van der Waals surface area (Å²) in [6.07, 6.45) is 0.725. The first kappa shape index (κ1) is 18.4. The van der Waals surface area contributed by atoms with Gasteiger partial charge >= 0.3 is 0 Å². The van der Waals surface area contributed by atoms with E-state index in [1.807, 2.05) is 56.8 Å². The zero-order chi connectivity index (χ0) is 19.8. The smallest absolute Gasteiger partial charge is 0.287 e. The Kier molecular flexibility index (Phi) is 4.77. The number of hydrogen-bond acceptors (Lipinski definition) is 5. The van der Waals surface area contributed by atoms with Gasteiger partial charge in [0.25, 0.3) is 5.91 Å². The average Bonchev–Trinajstić information content (AvgIpc) is 3.36. The lowest BCUT2D eigenvalue weighted by atomic mass is 10.1. The molecule has 0 unspecified atom stereocenters. The Hall–Kier alpha value is -2.93. The molecule has 3 heterocycles. The highest BCUT2D eigenvalue weighted by atomic mass is 32.1. The summed E-state index contributed by atoms with van der Waals surface area (Å²) in [4.78, 5) is 17.2. The van der Waals surface area contributed by atoms with Crippen LogP contribution in [0.1, 0.15) is 34.4 Å². The van der Waals surface area contributed by atoms with Crippen molar-refractivity contribution in [1.29, 1.82) is 0 Å². The quantitative estimate of drug-likeness (QED) is 0.549. The summed E-state index contributed by atoms with van der Waals surface area (Å²) in [5, 5.41) is 8.22. The molecule has 0 bridgehead atoms. The second-order valence-electron chi connectivity index (χ2n) is 7.00. The highest BCUT2D eigenvalue weighted by molar-refractivity contribution is 7.21.